The molecule has 20 heavy (non-hydrogen) atoms. The zero-order chi connectivity index (χ0) is 14.5. The third-order valence-corrected chi connectivity index (χ3v) is 3.43. The Kier molecular flexibility index (Phi) is 4.58. The molecule has 0 atom stereocenters. The van der Waals surface area contributed by atoms with Gasteiger partial charge in [-0.05, 0) is 29.7 Å². The van der Waals surface area contributed by atoms with Gasteiger partial charge >= 0.3 is 0 Å². The summed E-state index contributed by atoms with van der Waals surface area (Å²) in [5, 5.41) is 14.1. The maximum Gasteiger partial charge on any atom is 0.288 e. The van der Waals surface area contributed by atoms with E-state index in [9.17, 15) is 10.1 Å². The van der Waals surface area contributed by atoms with Crippen molar-refractivity contribution in [1.29, 1.82) is 0 Å². The normalized spacial score (nSPS) is 10.3. The molecule has 1 N–H and O–H groups in total. The average molecular weight is 291 g/mol. The van der Waals surface area contributed by atoms with Crippen LogP contribution in [0.2, 0.25) is 5.02 Å². The summed E-state index contributed by atoms with van der Waals surface area (Å²) >= 11 is 5.88. The molecule has 0 bridgehead atoms. The van der Waals surface area contributed by atoms with Gasteiger partial charge in [-0.25, -0.2) is 0 Å². The van der Waals surface area contributed by atoms with Crippen molar-refractivity contribution in [3.8, 4) is 0 Å². The minimum Gasteiger partial charge on any atom is -0.381 e. The molecule has 0 spiro atoms. The summed E-state index contributed by atoms with van der Waals surface area (Å²) in [6, 6.07) is 12.8. The number of nitrogens with one attached hydrogen (secondary N) is 1. The third-order valence-electron chi connectivity index (χ3n) is 3.13. The van der Waals surface area contributed by atoms with Crippen LogP contribution in [0.1, 0.15) is 18.1 Å². The molecule has 0 heterocycles. The van der Waals surface area contributed by atoms with Gasteiger partial charge in [0.05, 0.1) is 4.92 Å². The van der Waals surface area contributed by atoms with E-state index in [0.29, 0.717) is 6.54 Å². The molecular formula is C15H15ClN2O2. The van der Waals surface area contributed by atoms with E-state index >= 15 is 0 Å². The summed E-state index contributed by atoms with van der Waals surface area (Å²) in [5.41, 5.74) is 3.19. The van der Waals surface area contributed by atoms with Crippen molar-refractivity contribution in [3.05, 3.63) is 68.7 Å². The summed E-state index contributed by atoms with van der Waals surface area (Å²) in [4.78, 5) is 10.2. The summed E-state index contributed by atoms with van der Waals surface area (Å²) in [6.45, 7) is 2.78. The van der Waals surface area contributed by atoms with Gasteiger partial charge in [0.1, 0.15) is 5.02 Å². The Bertz CT molecular complexity index is 629. The van der Waals surface area contributed by atoms with Gasteiger partial charge in [0.15, 0.2) is 0 Å². The smallest absolute Gasteiger partial charge is 0.288 e. The molecule has 0 saturated heterocycles. The van der Waals surface area contributed by atoms with Crippen LogP contribution in [0.3, 0.4) is 0 Å². The molecule has 0 aromatic heterocycles. The van der Waals surface area contributed by atoms with Crippen LogP contribution in [-0.4, -0.2) is 4.92 Å². The van der Waals surface area contributed by atoms with Crippen LogP contribution < -0.4 is 5.32 Å². The number of rotatable bonds is 5. The van der Waals surface area contributed by atoms with E-state index in [2.05, 4.69) is 24.4 Å². The predicted octanol–water partition coefficient (Wildman–Crippen LogP) is 4.42. The monoisotopic (exact) mass is 290 g/mol. The summed E-state index contributed by atoms with van der Waals surface area (Å²) in [6.07, 6.45) is 0.971. The second-order valence-electron chi connectivity index (χ2n) is 4.40. The van der Waals surface area contributed by atoms with Crippen LogP contribution in [0.5, 0.6) is 0 Å². The van der Waals surface area contributed by atoms with Gasteiger partial charge in [0, 0.05) is 18.3 Å². The Hall–Kier alpha value is -2.07. The highest BCUT2D eigenvalue weighted by Gasteiger charge is 2.11. The molecule has 0 fully saturated rings. The Labute approximate surface area is 122 Å². The SMILES string of the molecule is CCc1ccccc1CNc1ccc([N+](=O)[O-])c(Cl)c1. The lowest BCUT2D eigenvalue weighted by Crippen LogP contribution is -2.02. The average Bonchev–Trinajstić information content (AvgIpc) is 2.45. The fourth-order valence-electron chi connectivity index (χ4n) is 2.04. The van der Waals surface area contributed by atoms with Gasteiger partial charge in [-0.2, -0.15) is 0 Å². The standard InChI is InChI=1S/C15H15ClN2O2/c1-2-11-5-3-4-6-12(11)10-17-13-7-8-15(18(19)20)14(16)9-13/h3-9,17H,2,10H2,1H3. The zero-order valence-corrected chi connectivity index (χ0v) is 11.9. The second kappa shape index (κ2) is 6.39. The van der Waals surface area contributed by atoms with E-state index < -0.39 is 4.92 Å². The molecule has 104 valence electrons. The molecule has 0 aliphatic rings. The number of hydrogen-bond acceptors (Lipinski definition) is 3. The van der Waals surface area contributed by atoms with E-state index in [1.54, 1.807) is 12.1 Å². The van der Waals surface area contributed by atoms with Gasteiger partial charge in [-0.15, -0.1) is 0 Å². The summed E-state index contributed by atoms with van der Waals surface area (Å²) in [5.74, 6) is 0. The molecular weight excluding hydrogens is 276 g/mol. The fraction of sp³-hybridized carbons (Fsp3) is 0.200. The molecule has 0 saturated carbocycles. The molecule has 0 amide bonds. The highest BCUT2D eigenvalue weighted by Crippen LogP contribution is 2.27. The number of nitrogens with zero attached hydrogens (tertiary/aromatic N) is 1. The molecule has 0 aliphatic carbocycles. The van der Waals surface area contributed by atoms with Gasteiger partial charge in [-0.3, -0.25) is 10.1 Å². The first-order chi connectivity index (χ1) is 9.61. The quantitative estimate of drug-likeness (QED) is 0.655. The maximum absolute atomic E-state index is 10.7. The molecule has 2 rings (SSSR count). The Morgan fingerprint density at radius 2 is 1.90 bits per heavy atom. The van der Waals surface area contributed by atoms with E-state index in [1.807, 2.05) is 12.1 Å². The lowest BCUT2D eigenvalue weighted by atomic mass is 10.1. The van der Waals surface area contributed by atoms with Crippen molar-refractivity contribution in [3.63, 3.8) is 0 Å². The van der Waals surface area contributed by atoms with E-state index in [1.165, 1.54) is 17.2 Å². The topological polar surface area (TPSA) is 55.2 Å². The van der Waals surface area contributed by atoms with Crippen LogP contribution in [0.4, 0.5) is 11.4 Å². The van der Waals surface area contributed by atoms with Gasteiger partial charge < -0.3 is 5.32 Å². The van der Waals surface area contributed by atoms with Crippen molar-refractivity contribution in [2.45, 2.75) is 19.9 Å². The van der Waals surface area contributed by atoms with Crippen molar-refractivity contribution >= 4 is 23.0 Å². The molecule has 4 nitrogen and oxygen atoms in total. The Balaban J connectivity index is 2.11. The molecule has 0 aliphatic heterocycles. The molecule has 0 unspecified atom stereocenters. The number of aryl methyl sites for hydroxylation is 1. The van der Waals surface area contributed by atoms with Crippen LogP contribution in [0.15, 0.2) is 42.5 Å². The highest BCUT2D eigenvalue weighted by molar-refractivity contribution is 6.32. The molecule has 2 aromatic rings. The van der Waals surface area contributed by atoms with Gasteiger partial charge in [0.25, 0.3) is 5.69 Å². The molecule has 2 aromatic carbocycles. The lowest BCUT2D eigenvalue weighted by Gasteiger charge is -2.10. The van der Waals surface area contributed by atoms with Crippen molar-refractivity contribution in [2.75, 3.05) is 5.32 Å². The predicted molar refractivity (Wildman–Crippen MR) is 81.3 cm³/mol. The minimum absolute atomic E-state index is 0.0776. The maximum atomic E-state index is 10.7. The first-order valence-electron chi connectivity index (χ1n) is 6.36. The van der Waals surface area contributed by atoms with Crippen LogP contribution in [-0.2, 0) is 13.0 Å². The van der Waals surface area contributed by atoms with Crippen molar-refractivity contribution in [2.24, 2.45) is 0 Å². The molecule has 5 heteroatoms. The fourth-order valence-corrected chi connectivity index (χ4v) is 2.29. The first-order valence-corrected chi connectivity index (χ1v) is 6.74. The number of hydrogen-bond donors (Lipinski definition) is 1. The van der Waals surface area contributed by atoms with E-state index in [4.69, 9.17) is 11.6 Å². The number of anilines is 1. The molecule has 0 radical (unpaired) electrons. The second-order valence-corrected chi connectivity index (χ2v) is 4.81. The van der Waals surface area contributed by atoms with Crippen molar-refractivity contribution in [1.82, 2.24) is 0 Å². The van der Waals surface area contributed by atoms with Gasteiger partial charge in [-0.1, -0.05) is 42.8 Å². The lowest BCUT2D eigenvalue weighted by molar-refractivity contribution is -0.384. The third kappa shape index (κ3) is 3.27. The Morgan fingerprint density at radius 1 is 1.20 bits per heavy atom. The number of nitro benzene ring substituents is 1. The van der Waals surface area contributed by atoms with E-state index in [0.717, 1.165) is 12.1 Å². The summed E-state index contributed by atoms with van der Waals surface area (Å²) in [7, 11) is 0. The minimum atomic E-state index is -0.488. The highest BCUT2D eigenvalue weighted by atomic mass is 35.5. The largest absolute Gasteiger partial charge is 0.381 e. The van der Waals surface area contributed by atoms with Crippen LogP contribution >= 0.6 is 11.6 Å². The van der Waals surface area contributed by atoms with Crippen LogP contribution in [0.25, 0.3) is 0 Å². The van der Waals surface area contributed by atoms with Gasteiger partial charge in [0.2, 0.25) is 0 Å². The number of benzene rings is 2. The number of halogens is 1. The first kappa shape index (κ1) is 14.3. The number of nitro groups is 1. The summed E-state index contributed by atoms with van der Waals surface area (Å²) < 4.78 is 0. The van der Waals surface area contributed by atoms with E-state index in [-0.39, 0.29) is 10.7 Å². The van der Waals surface area contributed by atoms with Crippen LogP contribution in [0, 0.1) is 10.1 Å². The Morgan fingerprint density at radius 3 is 2.50 bits per heavy atom. The zero-order valence-electron chi connectivity index (χ0n) is 11.1. The van der Waals surface area contributed by atoms with Crippen molar-refractivity contribution < 1.29 is 4.92 Å².